The molecule has 1 heterocycles. The number of nitrogens with zero attached hydrogens (tertiary/aromatic N) is 2. The standard InChI is InChI=1S/C14H14Br2N4O2/c1-20(2)13-12(16)7-11(22-13)8-17-19-14(21)18-10-5-3-4-9(15)6-10/h3-8H,1-2H3,(H2,18,19,21)/b17-8+. The lowest BCUT2D eigenvalue weighted by atomic mass is 10.3. The van der Waals surface area contributed by atoms with Crippen molar-refractivity contribution in [2.24, 2.45) is 5.10 Å². The van der Waals surface area contributed by atoms with Crippen LogP contribution >= 0.6 is 31.9 Å². The Morgan fingerprint density at radius 1 is 1.32 bits per heavy atom. The molecule has 22 heavy (non-hydrogen) atoms. The van der Waals surface area contributed by atoms with Crippen molar-refractivity contribution >= 4 is 55.7 Å². The second-order valence-electron chi connectivity index (χ2n) is 4.53. The van der Waals surface area contributed by atoms with E-state index in [1.165, 1.54) is 6.21 Å². The first kappa shape index (κ1) is 16.6. The topological polar surface area (TPSA) is 69.9 Å². The molecule has 0 radical (unpaired) electrons. The summed E-state index contributed by atoms with van der Waals surface area (Å²) in [5.74, 6) is 1.21. The van der Waals surface area contributed by atoms with Gasteiger partial charge in [-0.05, 0) is 34.1 Å². The number of carbonyl (C=O) groups is 1. The Hall–Kier alpha value is -1.80. The second-order valence-corrected chi connectivity index (χ2v) is 6.30. The number of furan rings is 1. The van der Waals surface area contributed by atoms with Gasteiger partial charge in [-0.2, -0.15) is 5.10 Å². The van der Waals surface area contributed by atoms with Crippen molar-refractivity contribution in [3.63, 3.8) is 0 Å². The lowest BCUT2D eigenvalue weighted by Gasteiger charge is -2.07. The molecule has 0 aliphatic heterocycles. The van der Waals surface area contributed by atoms with Crippen LogP contribution in [0.2, 0.25) is 0 Å². The highest BCUT2D eigenvalue weighted by Gasteiger charge is 2.09. The number of benzene rings is 1. The third kappa shape index (κ3) is 4.60. The van der Waals surface area contributed by atoms with Gasteiger partial charge in [0.05, 0.1) is 10.7 Å². The van der Waals surface area contributed by atoms with Crippen LogP contribution in [-0.4, -0.2) is 26.3 Å². The van der Waals surface area contributed by atoms with Gasteiger partial charge in [0.2, 0.25) is 5.88 Å². The van der Waals surface area contributed by atoms with E-state index in [2.05, 4.69) is 47.7 Å². The van der Waals surface area contributed by atoms with Gasteiger partial charge in [0.25, 0.3) is 0 Å². The van der Waals surface area contributed by atoms with E-state index in [1.54, 1.807) is 18.2 Å². The number of hydrazone groups is 1. The van der Waals surface area contributed by atoms with Gasteiger partial charge in [-0.25, -0.2) is 10.2 Å². The van der Waals surface area contributed by atoms with Crippen molar-refractivity contribution in [3.8, 4) is 0 Å². The molecule has 6 nitrogen and oxygen atoms in total. The molecule has 116 valence electrons. The summed E-state index contributed by atoms with van der Waals surface area (Å²) >= 11 is 6.72. The lowest BCUT2D eigenvalue weighted by Crippen LogP contribution is -2.24. The largest absolute Gasteiger partial charge is 0.438 e. The molecule has 0 atom stereocenters. The Balaban J connectivity index is 1.92. The Morgan fingerprint density at radius 3 is 2.73 bits per heavy atom. The third-order valence-electron chi connectivity index (χ3n) is 2.53. The molecule has 0 saturated heterocycles. The Labute approximate surface area is 144 Å². The zero-order chi connectivity index (χ0) is 16.1. The molecule has 1 aromatic heterocycles. The van der Waals surface area contributed by atoms with Gasteiger partial charge in [0.15, 0.2) is 5.76 Å². The molecule has 2 N–H and O–H groups in total. The maximum absolute atomic E-state index is 11.7. The molecule has 0 aliphatic carbocycles. The summed E-state index contributed by atoms with van der Waals surface area (Å²) in [7, 11) is 3.74. The number of hydrogen-bond donors (Lipinski definition) is 2. The van der Waals surface area contributed by atoms with Crippen LogP contribution < -0.4 is 15.6 Å². The average molecular weight is 430 g/mol. The van der Waals surface area contributed by atoms with Gasteiger partial charge in [0, 0.05) is 30.3 Å². The molecule has 0 unspecified atom stereocenters. The normalized spacial score (nSPS) is 10.7. The van der Waals surface area contributed by atoms with E-state index in [4.69, 9.17) is 4.42 Å². The highest BCUT2D eigenvalue weighted by molar-refractivity contribution is 9.10. The Morgan fingerprint density at radius 2 is 2.09 bits per heavy atom. The van der Waals surface area contributed by atoms with Crippen molar-refractivity contribution < 1.29 is 9.21 Å². The van der Waals surface area contributed by atoms with Crippen molar-refractivity contribution in [1.29, 1.82) is 0 Å². The van der Waals surface area contributed by atoms with E-state index in [1.807, 2.05) is 31.1 Å². The maximum atomic E-state index is 11.7. The number of urea groups is 1. The SMILES string of the molecule is CN(C)c1oc(/C=N/NC(=O)Nc2cccc(Br)c2)cc1Br. The number of carbonyl (C=O) groups excluding carboxylic acids is 1. The molecular weight excluding hydrogens is 416 g/mol. The van der Waals surface area contributed by atoms with Crippen molar-refractivity contribution in [2.75, 3.05) is 24.3 Å². The van der Waals surface area contributed by atoms with Crippen LogP contribution in [0.3, 0.4) is 0 Å². The summed E-state index contributed by atoms with van der Waals surface area (Å²) < 4.78 is 7.24. The number of halogens is 2. The molecule has 0 bridgehead atoms. The minimum absolute atomic E-state index is 0.437. The number of amides is 2. The van der Waals surface area contributed by atoms with Gasteiger partial charge in [-0.15, -0.1) is 0 Å². The molecule has 2 amide bonds. The Kier molecular flexibility index (Phi) is 5.62. The van der Waals surface area contributed by atoms with Crippen molar-refractivity contribution in [3.05, 3.63) is 45.0 Å². The number of hydrogen-bond acceptors (Lipinski definition) is 4. The summed E-state index contributed by atoms with van der Waals surface area (Å²) in [4.78, 5) is 13.5. The van der Waals surface area contributed by atoms with Crippen LogP contribution in [0.1, 0.15) is 5.76 Å². The van der Waals surface area contributed by atoms with E-state index >= 15 is 0 Å². The smallest absolute Gasteiger partial charge is 0.339 e. The van der Waals surface area contributed by atoms with Crippen LogP contribution in [0.15, 0.2) is 48.8 Å². The zero-order valence-corrected chi connectivity index (χ0v) is 15.1. The fourth-order valence-electron chi connectivity index (χ4n) is 1.62. The Bertz CT molecular complexity index is 698. The van der Waals surface area contributed by atoms with Crippen LogP contribution in [0.5, 0.6) is 0 Å². The highest BCUT2D eigenvalue weighted by atomic mass is 79.9. The first-order chi connectivity index (χ1) is 10.5. The molecule has 2 aromatic rings. The van der Waals surface area contributed by atoms with Crippen LogP contribution in [0.4, 0.5) is 16.4 Å². The van der Waals surface area contributed by atoms with Gasteiger partial charge in [0.1, 0.15) is 0 Å². The van der Waals surface area contributed by atoms with Gasteiger partial charge >= 0.3 is 6.03 Å². The molecule has 0 aliphatic rings. The fourth-order valence-corrected chi connectivity index (χ4v) is 2.69. The quantitative estimate of drug-likeness (QED) is 0.569. The monoisotopic (exact) mass is 428 g/mol. The molecule has 0 fully saturated rings. The van der Waals surface area contributed by atoms with Gasteiger partial charge < -0.3 is 14.6 Å². The summed E-state index contributed by atoms with van der Waals surface area (Å²) in [6.45, 7) is 0. The van der Waals surface area contributed by atoms with E-state index in [9.17, 15) is 4.79 Å². The molecular formula is C14H14Br2N4O2. The van der Waals surface area contributed by atoms with Crippen LogP contribution in [0.25, 0.3) is 0 Å². The molecule has 0 spiro atoms. The summed E-state index contributed by atoms with van der Waals surface area (Å²) in [6.07, 6.45) is 1.43. The second kappa shape index (κ2) is 7.46. The van der Waals surface area contributed by atoms with Crippen LogP contribution in [-0.2, 0) is 0 Å². The number of rotatable bonds is 4. The van der Waals surface area contributed by atoms with E-state index in [0.717, 1.165) is 8.95 Å². The zero-order valence-electron chi connectivity index (χ0n) is 11.9. The molecule has 2 rings (SSSR count). The van der Waals surface area contributed by atoms with Crippen LogP contribution in [0, 0.1) is 0 Å². The summed E-state index contributed by atoms with van der Waals surface area (Å²) in [6, 6.07) is 8.60. The van der Waals surface area contributed by atoms with E-state index < -0.39 is 6.03 Å². The lowest BCUT2D eigenvalue weighted by molar-refractivity contribution is 0.252. The molecule has 8 heteroatoms. The minimum atomic E-state index is -0.437. The van der Waals surface area contributed by atoms with E-state index in [-0.39, 0.29) is 0 Å². The fraction of sp³-hybridized carbons (Fsp3) is 0.143. The van der Waals surface area contributed by atoms with Crippen molar-refractivity contribution in [1.82, 2.24) is 5.43 Å². The average Bonchev–Trinajstić information content (AvgIpc) is 2.80. The number of nitrogens with one attached hydrogen (secondary N) is 2. The summed E-state index contributed by atoms with van der Waals surface area (Å²) in [5, 5.41) is 6.50. The van der Waals surface area contributed by atoms with Crippen molar-refractivity contribution in [2.45, 2.75) is 0 Å². The molecule has 0 saturated carbocycles. The maximum Gasteiger partial charge on any atom is 0.339 e. The summed E-state index contributed by atoms with van der Waals surface area (Å²) in [5.41, 5.74) is 3.04. The highest BCUT2D eigenvalue weighted by Crippen LogP contribution is 2.27. The predicted molar refractivity (Wildman–Crippen MR) is 94.6 cm³/mol. The first-order valence-electron chi connectivity index (χ1n) is 6.28. The molecule has 1 aromatic carbocycles. The third-order valence-corrected chi connectivity index (χ3v) is 3.60. The van der Waals surface area contributed by atoms with Gasteiger partial charge in [-0.3, -0.25) is 0 Å². The van der Waals surface area contributed by atoms with Gasteiger partial charge in [-0.1, -0.05) is 22.0 Å². The van der Waals surface area contributed by atoms with E-state index in [0.29, 0.717) is 17.3 Å². The number of anilines is 2. The first-order valence-corrected chi connectivity index (χ1v) is 7.86. The predicted octanol–water partition coefficient (Wildman–Crippen LogP) is 4.03. The minimum Gasteiger partial charge on any atom is -0.438 e.